The Bertz CT molecular complexity index is 1760. The second-order valence-corrected chi connectivity index (χ2v) is 10.5. The van der Waals surface area contributed by atoms with Gasteiger partial charge in [0, 0.05) is 0 Å². The Labute approximate surface area is 224 Å². The van der Waals surface area contributed by atoms with Gasteiger partial charge in [0.2, 0.25) is 0 Å². The zero-order valence-corrected chi connectivity index (χ0v) is 20.4. The number of hydrogen-bond donors (Lipinski definition) is 0. The lowest BCUT2D eigenvalue weighted by Gasteiger charge is -2.41. The maximum atomic E-state index is 12.7. The molecule has 2 aliphatic carbocycles. The molecule has 0 N–H and O–H groups in total. The molecule has 4 aliphatic rings. The van der Waals surface area contributed by atoms with Crippen molar-refractivity contribution in [3.8, 4) is 11.1 Å². The Morgan fingerprint density at radius 2 is 0.897 bits per heavy atom. The van der Waals surface area contributed by atoms with Crippen LogP contribution in [0.4, 0.5) is 0 Å². The van der Waals surface area contributed by atoms with Crippen molar-refractivity contribution in [1.29, 1.82) is 0 Å². The van der Waals surface area contributed by atoms with Gasteiger partial charge >= 0.3 is 23.9 Å². The van der Waals surface area contributed by atoms with Gasteiger partial charge in [0.25, 0.3) is 0 Å². The lowest BCUT2D eigenvalue weighted by Crippen LogP contribution is -2.35. The first-order valence-corrected chi connectivity index (χ1v) is 12.4. The number of carbonyl (C=O) groups is 4. The fraction of sp³-hybridized carbons (Fsp3) is 0.152. The van der Waals surface area contributed by atoms with Crippen molar-refractivity contribution in [3.05, 3.63) is 127 Å². The number of carbonyl (C=O) groups excluding carboxylic acids is 4. The minimum atomic E-state index is -0.881. The molecule has 0 aromatic heterocycles. The summed E-state index contributed by atoms with van der Waals surface area (Å²) < 4.78 is 9.93. The minimum absolute atomic E-state index is 0. The first kappa shape index (κ1) is 23.3. The summed E-state index contributed by atoms with van der Waals surface area (Å²) in [5.74, 6) is -2.64. The van der Waals surface area contributed by atoms with E-state index in [4.69, 9.17) is 9.47 Å². The molecular weight excluding hydrogens is 492 g/mol. The quantitative estimate of drug-likeness (QED) is 0.187. The molecule has 0 saturated heterocycles. The van der Waals surface area contributed by atoms with Crippen molar-refractivity contribution in [3.63, 3.8) is 0 Å². The number of hydrogen-bond acceptors (Lipinski definition) is 6. The standard InChI is InChI=1S/C32H18O6.CH4/c1-14-3-5-18-19-6-4-15(2)8-27(19)32(26(18)7-14)24-12-22-20(28(33)37-30(22)35)10-16(24)9-17-11-21-23(13-25(17)32)31(36)38-29(21)34;/h3-8,10-13H,9H2,1-2H3;1H4. The summed E-state index contributed by atoms with van der Waals surface area (Å²) in [7, 11) is 0. The minimum Gasteiger partial charge on any atom is -0.386 e. The topological polar surface area (TPSA) is 86.7 Å². The molecule has 190 valence electrons. The molecule has 0 saturated carbocycles. The molecule has 0 bridgehead atoms. The summed E-state index contributed by atoms with van der Waals surface area (Å²) in [5, 5.41) is 0. The lowest BCUT2D eigenvalue weighted by atomic mass is 9.60. The highest BCUT2D eigenvalue weighted by atomic mass is 16.6. The van der Waals surface area contributed by atoms with Gasteiger partial charge in [-0.25, -0.2) is 19.2 Å². The molecular formula is C33H22O6. The molecule has 4 aromatic rings. The molecule has 39 heavy (non-hydrogen) atoms. The van der Waals surface area contributed by atoms with Crippen LogP contribution in [0.3, 0.4) is 0 Å². The van der Waals surface area contributed by atoms with Crippen molar-refractivity contribution < 1.29 is 28.7 Å². The van der Waals surface area contributed by atoms with Crippen LogP contribution in [0, 0.1) is 13.8 Å². The average molecular weight is 515 g/mol. The van der Waals surface area contributed by atoms with Crippen LogP contribution >= 0.6 is 0 Å². The first-order chi connectivity index (χ1) is 18.3. The molecule has 0 atom stereocenters. The van der Waals surface area contributed by atoms with E-state index in [1.807, 2.05) is 13.8 Å². The van der Waals surface area contributed by atoms with Gasteiger partial charge < -0.3 is 9.47 Å². The van der Waals surface area contributed by atoms with Crippen LogP contribution in [0.15, 0.2) is 60.7 Å². The second-order valence-electron chi connectivity index (χ2n) is 10.5. The molecule has 0 radical (unpaired) electrons. The normalized spacial score (nSPS) is 16.5. The number of fused-ring (bicyclic) bond motifs is 11. The van der Waals surface area contributed by atoms with Crippen molar-refractivity contribution in [2.24, 2.45) is 0 Å². The van der Waals surface area contributed by atoms with Crippen molar-refractivity contribution >= 4 is 23.9 Å². The molecule has 2 aliphatic heterocycles. The Kier molecular flexibility index (Phi) is 4.41. The summed E-state index contributed by atoms with van der Waals surface area (Å²) in [6, 6.07) is 19.8. The van der Waals surface area contributed by atoms with Gasteiger partial charge in [-0.05, 0) is 89.0 Å². The molecule has 6 heteroatoms. The van der Waals surface area contributed by atoms with E-state index in [0.29, 0.717) is 6.42 Å². The van der Waals surface area contributed by atoms with E-state index >= 15 is 0 Å². The number of esters is 4. The lowest BCUT2D eigenvalue weighted by molar-refractivity contribution is 0.0425. The van der Waals surface area contributed by atoms with Crippen LogP contribution in [0.1, 0.15) is 93.4 Å². The Morgan fingerprint density at radius 1 is 0.513 bits per heavy atom. The van der Waals surface area contributed by atoms with E-state index in [1.165, 1.54) is 0 Å². The largest absolute Gasteiger partial charge is 0.386 e. The van der Waals surface area contributed by atoms with Crippen LogP contribution in [-0.4, -0.2) is 23.9 Å². The van der Waals surface area contributed by atoms with Crippen molar-refractivity contribution in [2.75, 3.05) is 0 Å². The van der Waals surface area contributed by atoms with Gasteiger partial charge in [0.15, 0.2) is 0 Å². The fourth-order valence-corrected chi connectivity index (χ4v) is 6.83. The number of cyclic esters (lactones) is 4. The van der Waals surface area contributed by atoms with Gasteiger partial charge in [0.1, 0.15) is 0 Å². The molecule has 0 amide bonds. The van der Waals surface area contributed by atoms with Crippen molar-refractivity contribution in [2.45, 2.75) is 33.1 Å². The highest BCUT2D eigenvalue weighted by Gasteiger charge is 2.52. The summed E-state index contributed by atoms with van der Waals surface area (Å²) in [5.41, 5.74) is 9.83. The van der Waals surface area contributed by atoms with Crippen LogP contribution in [0.25, 0.3) is 11.1 Å². The van der Waals surface area contributed by atoms with Gasteiger partial charge in [-0.15, -0.1) is 0 Å². The summed E-state index contributed by atoms with van der Waals surface area (Å²) in [4.78, 5) is 50.4. The first-order valence-electron chi connectivity index (χ1n) is 12.4. The van der Waals surface area contributed by atoms with Gasteiger partial charge in [-0.2, -0.15) is 0 Å². The third-order valence-corrected chi connectivity index (χ3v) is 8.37. The zero-order chi connectivity index (χ0) is 26.1. The zero-order valence-electron chi connectivity index (χ0n) is 20.4. The van der Waals surface area contributed by atoms with E-state index in [9.17, 15) is 19.2 Å². The number of ether oxygens (including phenoxy) is 2. The Morgan fingerprint density at radius 3 is 1.31 bits per heavy atom. The number of aryl methyl sites for hydroxylation is 2. The van der Waals surface area contributed by atoms with Crippen LogP contribution in [0.2, 0.25) is 0 Å². The van der Waals surface area contributed by atoms with Gasteiger partial charge in [0.05, 0.1) is 27.7 Å². The Balaban J connectivity index is 0.00000253. The fourth-order valence-electron chi connectivity index (χ4n) is 6.83. The predicted octanol–water partition coefficient (Wildman–Crippen LogP) is 5.83. The van der Waals surface area contributed by atoms with E-state index in [0.717, 1.165) is 55.6 Å². The predicted molar refractivity (Wildman–Crippen MR) is 142 cm³/mol. The summed E-state index contributed by atoms with van der Waals surface area (Å²) >= 11 is 0. The highest BCUT2D eigenvalue weighted by Crippen LogP contribution is 2.60. The van der Waals surface area contributed by atoms with Crippen LogP contribution < -0.4 is 0 Å². The maximum absolute atomic E-state index is 12.7. The molecule has 0 unspecified atom stereocenters. The maximum Gasteiger partial charge on any atom is 0.346 e. The Hall–Kier alpha value is -4.84. The van der Waals surface area contributed by atoms with Crippen LogP contribution in [0.5, 0.6) is 0 Å². The molecule has 2 heterocycles. The summed E-state index contributed by atoms with van der Waals surface area (Å²) in [6.45, 7) is 4.06. The summed E-state index contributed by atoms with van der Waals surface area (Å²) in [6.07, 6.45) is 0.415. The third kappa shape index (κ3) is 2.70. The van der Waals surface area contributed by atoms with Crippen LogP contribution in [-0.2, 0) is 21.3 Å². The molecule has 4 aromatic carbocycles. The van der Waals surface area contributed by atoms with E-state index in [1.54, 1.807) is 24.3 Å². The highest BCUT2D eigenvalue weighted by molar-refractivity contribution is 6.16. The van der Waals surface area contributed by atoms with E-state index < -0.39 is 29.3 Å². The van der Waals surface area contributed by atoms with Gasteiger partial charge in [-0.1, -0.05) is 55.0 Å². The molecule has 8 rings (SSSR count). The van der Waals surface area contributed by atoms with E-state index in [2.05, 4.69) is 36.4 Å². The third-order valence-electron chi connectivity index (χ3n) is 8.37. The number of benzene rings is 4. The molecule has 6 nitrogen and oxygen atoms in total. The second kappa shape index (κ2) is 7.38. The SMILES string of the molecule is C.Cc1ccc2c(c1)C1(c3cc4c(cc3Cc3cc5c(cc31)C(=O)OC5=O)C(=O)OC4=O)c1cc(C)ccc1-2. The molecule has 0 fully saturated rings. The monoisotopic (exact) mass is 514 g/mol. The van der Waals surface area contributed by atoms with E-state index in [-0.39, 0.29) is 29.7 Å². The van der Waals surface area contributed by atoms with Gasteiger partial charge in [-0.3, -0.25) is 0 Å². The molecule has 1 spiro atoms. The van der Waals surface area contributed by atoms with Crippen molar-refractivity contribution in [1.82, 2.24) is 0 Å². The number of rotatable bonds is 0. The average Bonchev–Trinajstić information content (AvgIpc) is 3.44. The smallest absolute Gasteiger partial charge is 0.346 e.